The molecular weight excluding hydrogens is 281 g/mol. The van der Waals surface area contributed by atoms with Crippen molar-refractivity contribution in [2.75, 3.05) is 25.0 Å². The van der Waals surface area contributed by atoms with Gasteiger partial charge in [0.25, 0.3) is 0 Å². The van der Waals surface area contributed by atoms with E-state index in [1.54, 1.807) is 0 Å². The molecular formula is C14H21F3N4. The maximum atomic E-state index is 12.6. The largest absolute Gasteiger partial charge is 0.433 e. The van der Waals surface area contributed by atoms with E-state index < -0.39 is 11.9 Å². The van der Waals surface area contributed by atoms with Crippen LogP contribution in [0, 0.1) is 5.92 Å². The molecule has 0 bridgehead atoms. The van der Waals surface area contributed by atoms with Gasteiger partial charge in [0, 0.05) is 31.9 Å². The first-order valence-corrected chi connectivity index (χ1v) is 7.23. The summed E-state index contributed by atoms with van der Waals surface area (Å²) in [5.41, 5.74) is -0.905. The number of piperidine rings is 1. The van der Waals surface area contributed by atoms with E-state index in [0.29, 0.717) is 5.92 Å². The highest BCUT2D eigenvalue weighted by Gasteiger charge is 2.33. The Morgan fingerprint density at radius 1 is 1.33 bits per heavy atom. The molecule has 2 heterocycles. The maximum Gasteiger partial charge on any atom is 0.433 e. The van der Waals surface area contributed by atoms with Crippen LogP contribution < -0.4 is 5.32 Å². The molecule has 0 spiro atoms. The Bertz CT molecular complexity index is 454. The van der Waals surface area contributed by atoms with Gasteiger partial charge in [-0.3, -0.25) is 0 Å². The normalized spacial score (nSPS) is 18.2. The second-order valence-corrected chi connectivity index (χ2v) is 5.88. The zero-order valence-electron chi connectivity index (χ0n) is 12.3. The number of nitrogens with one attached hydrogen (secondary N) is 1. The summed E-state index contributed by atoms with van der Waals surface area (Å²) in [6.07, 6.45) is -1.50. The third-order valence-corrected chi connectivity index (χ3v) is 3.49. The molecule has 21 heavy (non-hydrogen) atoms. The molecule has 0 unspecified atom stereocenters. The van der Waals surface area contributed by atoms with Crippen LogP contribution in [0.15, 0.2) is 12.3 Å². The Balaban J connectivity index is 1.89. The molecule has 7 heteroatoms. The van der Waals surface area contributed by atoms with Crippen molar-refractivity contribution < 1.29 is 13.2 Å². The summed E-state index contributed by atoms with van der Waals surface area (Å²) >= 11 is 0. The molecule has 0 aliphatic carbocycles. The van der Waals surface area contributed by atoms with Gasteiger partial charge in [-0.05, 0) is 24.8 Å². The Morgan fingerprint density at radius 2 is 2.00 bits per heavy atom. The van der Waals surface area contributed by atoms with Crippen LogP contribution >= 0.6 is 0 Å². The lowest BCUT2D eigenvalue weighted by atomic mass is 10.0. The van der Waals surface area contributed by atoms with E-state index in [1.807, 2.05) is 0 Å². The van der Waals surface area contributed by atoms with Crippen LogP contribution in [0.2, 0.25) is 0 Å². The van der Waals surface area contributed by atoms with Gasteiger partial charge in [-0.15, -0.1) is 0 Å². The van der Waals surface area contributed by atoms with E-state index in [9.17, 15) is 13.2 Å². The molecule has 1 aliphatic rings. The molecule has 1 fully saturated rings. The number of rotatable bonds is 4. The molecule has 0 atom stereocenters. The van der Waals surface area contributed by atoms with Gasteiger partial charge in [0.05, 0.1) is 0 Å². The summed E-state index contributed by atoms with van der Waals surface area (Å²) in [5, 5.41) is 3.02. The van der Waals surface area contributed by atoms with Gasteiger partial charge in [-0.25, -0.2) is 9.97 Å². The number of likely N-dealkylation sites (tertiary alicyclic amines) is 1. The number of aromatic nitrogens is 2. The number of nitrogens with zero attached hydrogens (tertiary/aromatic N) is 3. The Morgan fingerprint density at radius 3 is 2.57 bits per heavy atom. The fraction of sp³-hybridized carbons (Fsp3) is 0.714. The minimum absolute atomic E-state index is 0.0622. The summed E-state index contributed by atoms with van der Waals surface area (Å²) in [7, 11) is 0. The summed E-state index contributed by atoms with van der Waals surface area (Å²) in [4.78, 5) is 9.81. The SMILES string of the molecule is CC(C)CN1CCC(Nc2nccc(C(F)(F)F)n2)CC1. The monoisotopic (exact) mass is 302 g/mol. The average Bonchev–Trinajstić information content (AvgIpc) is 2.40. The van der Waals surface area contributed by atoms with Gasteiger partial charge in [0.1, 0.15) is 5.69 Å². The zero-order valence-corrected chi connectivity index (χ0v) is 12.3. The third-order valence-electron chi connectivity index (χ3n) is 3.49. The van der Waals surface area contributed by atoms with Gasteiger partial charge in [-0.2, -0.15) is 13.2 Å². The number of halogens is 3. The van der Waals surface area contributed by atoms with E-state index in [2.05, 4.69) is 34.0 Å². The second kappa shape index (κ2) is 6.60. The van der Waals surface area contributed by atoms with Crippen LogP contribution in [0.3, 0.4) is 0 Å². The molecule has 1 aromatic heterocycles. The van der Waals surface area contributed by atoms with Crippen LogP contribution in [-0.2, 0) is 6.18 Å². The van der Waals surface area contributed by atoms with Crippen LogP contribution in [0.4, 0.5) is 19.1 Å². The van der Waals surface area contributed by atoms with E-state index >= 15 is 0 Å². The first kappa shape index (κ1) is 16.0. The molecule has 0 saturated carbocycles. The van der Waals surface area contributed by atoms with Crippen LogP contribution in [0.1, 0.15) is 32.4 Å². The molecule has 0 radical (unpaired) electrons. The van der Waals surface area contributed by atoms with E-state index in [4.69, 9.17) is 0 Å². The Hall–Kier alpha value is -1.37. The number of hydrogen-bond donors (Lipinski definition) is 1. The molecule has 4 nitrogen and oxygen atoms in total. The first-order valence-electron chi connectivity index (χ1n) is 7.23. The van der Waals surface area contributed by atoms with Crippen molar-refractivity contribution in [1.29, 1.82) is 0 Å². The maximum absolute atomic E-state index is 12.6. The lowest BCUT2D eigenvalue weighted by molar-refractivity contribution is -0.141. The average molecular weight is 302 g/mol. The Labute approximate surface area is 122 Å². The minimum atomic E-state index is -4.43. The molecule has 0 amide bonds. The lowest BCUT2D eigenvalue weighted by Crippen LogP contribution is -2.40. The van der Waals surface area contributed by atoms with E-state index in [0.717, 1.165) is 44.7 Å². The van der Waals surface area contributed by atoms with Crippen LogP contribution in [0.5, 0.6) is 0 Å². The molecule has 1 aromatic rings. The minimum Gasteiger partial charge on any atom is -0.351 e. The molecule has 2 rings (SSSR count). The second-order valence-electron chi connectivity index (χ2n) is 5.88. The quantitative estimate of drug-likeness (QED) is 0.928. The summed E-state index contributed by atoms with van der Waals surface area (Å²) in [5.74, 6) is 0.688. The fourth-order valence-corrected chi connectivity index (χ4v) is 2.54. The molecule has 1 saturated heterocycles. The van der Waals surface area contributed by atoms with E-state index in [1.165, 1.54) is 0 Å². The standard InChI is InChI=1S/C14H21F3N4/c1-10(2)9-21-7-4-11(5-8-21)19-13-18-6-3-12(20-13)14(15,16)17/h3,6,10-11H,4-5,7-9H2,1-2H3,(H,18,19,20). The number of hydrogen-bond acceptors (Lipinski definition) is 4. The van der Waals surface area contributed by atoms with Crippen molar-refractivity contribution in [2.45, 2.75) is 38.9 Å². The highest BCUT2D eigenvalue weighted by atomic mass is 19.4. The fourth-order valence-electron chi connectivity index (χ4n) is 2.54. The van der Waals surface area contributed by atoms with Crippen LogP contribution in [0.25, 0.3) is 0 Å². The van der Waals surface area contributed by atoms with Crippen molar-refractivity contribution in [2.24, 2.45) is 5.92 Å². The zero-order chi connectivity index (χ0) is 15.5. The molecule has 118 valence electrons. The van der Waals surface area contributed by atoms with Gasteiger partial charge >= 0.3 is 6.18 Å². The molecule has 0 aromatic carbocycles. The number of alkyl halides is 3. The molecule has 1 aliphatic heterocycles. The van der Waals surface area contributed by atoms with Gasteiger partial charge in [-0.1, -0.05) is 13.8 Å². The van der Waals surface area contributed by atoms with E-state index in [-0.39, 0.29) is 12.0 Å². The van der Waals surface area contributed by atoms with Crippen molar-refractivity contribution >= 4 is 5.95 Å². The first-order chi connectivity index (χ1) is 9.84. The number of anilines is 1. The van der Waals surface area contributed by atoms with Crippen molar-refractivity contribution in [3.05, 3.63) is 18.0 Å². The van der Waals surface area contributed by atoms with Crippen molar-refractivity contribution in [1.82, 2.24) is 14.9 Å². The summed E-state index contributed by atoms with van der Waals surface area (Å²) in [6.45, 7) is 7.33. The smallest absolute Gasteiger partial charge is 0.351 e. The lowest BCUT2D eigenvalue weighted by Gasteiger charge is -2.33. The highest BCUT2D eigenvalue weighted by molar-refractivity contribution is 5.27. The van der Waals surface area contributed by atoms with Gasteiger partial charge < -0.3 is 10.2 Å². The van der Waals surface area contributed by atoms with Gasteiger partial charge in [0.2, 0.25) is 5.95 Å². The van der Waals surface area contributed by atoms with Crippen molar-refractivity contribution in [3.8, 4) is 0 Å². The van der Waals surface area contributed by atoms with Gasteiger partial charge in [0.15, 0.2) is 0 Å². The summed E-state index contributed by atoms with van der Waals surface area (Å²) < 4.78 is 37.8. The van der Waals surface area contributed by atoms with Crippen molar-refractivity contribution in [3.63, 3.8) is 0 Å². The predicted molar refractivity (Wildman–Crippen MR) is 75.0 cm³/mol. The Kier molecular flexibility index (Phi) is 5.03. The highest BCUT2D eigenvalue weighted by Crippen LogP contribution is 2.27. The summed E-state index contributed by atoms with van der Waals surface area (Å²) in [6, 6.07) is 1.02. The predicted octanol–water partition coefficient (Wildman–Crippen LogP) is 3.03. The topological polar surface area (TPSA) is 41.0 Å². The molecule has 1 N–H and O–H groups in total. The third kappa shape index (κ3) is 4.84. The van der Waals surface area contributed by atoms with Crippen LogP contribution in [-0.4, -0.2) is 40.5 Å².